The normalized spacial score (nSPS) is 32.1. The van der Waals surface area contributed by atoms with E-state index in [0.29, 0.717) is 0 Å². The second-order valence-electron chi connectivity index (χ2n) is 12.1. The lowest BCUT2D eigenvalue weighted by molar-refractivity contribution is 0.108. The van der Waals surface area contributed by atoms with Crippen LogP contribution in [0.1, 0.15) is 140 Å². The van der Waals surface area contributed by atoms with E-state index < -0.39 is 0 Å². The number of nitrogens with zero attached hydrogens (tertiary/aromatic N) is 1. The Hall–Kier alpha value is -1.29. The van der Waals surface area contributed by atoms with Crippen LogP contribution in [0.25, 0.3) is 0 Å². The average Bonchev–Trinajstić information content (AvgIpc) is 2.87. The van der Waals surface area contributed by atoms with Crippen molar-refractivity contribution in [3.63, 3.8) is 0 Å². The lowest BCUT2D eigenvalue weighted by Gasteiger charge is -2.43. The summed E-state index contributed by atoms with van der Waals surface area (Å²) in [5.41, 5.74) is 2.27. The Balaban J connectivity index is 1.12. The molecule has 1 aromatic carbocycles. The number of nitriles is 1. The van der Waals surface area contributed by atoms with Gasteiger partial charge < -0.3 is 0 Å². The molecule has 0 radical (unpaired) electrons. The van der Waals surface area contributed by atoms with Gasteiger partial charge in [0.1, 0.15) is 0 Å². The van der Waals surface area contributed by atoms with Crippen LogP contribution >= 0.6 is 0 Å². The molecule has 0 bridgehead atoms. The minimum Gasteiger partial charge on any atom is -0.192 e. The summed E-state index contributed by atoms with van der Waals surface area (Å²) in [6.07, 6.45) is 26.6. The third kappa shape index (κ3) is 7.34. The zero-order valence-corrected chi connectivity index (χ0v) is 21.4. The fourth-order valence-electron chi connectivity index (χ4n) is 7.70. The van der Waals surface area contributed by atoms with Crippen molar-refractivity contribution in [2.75, 3.05) is 0 Å². The maximum Gasteiger partial charge on any atom is 0.0991 e. The van der Waals surface area contributed by atoms with Gasteiger partial charge in [-0.2, -0.15) is 5.26 Å². The quantitative estimate of drug-likeness (QED) is 0.327. The fourth-order valence-corrected chi connectivity index (χ4v) is 7.70. The van der Waals surface area contributed by atoms with Crippen LogP contribution in [-0.2, 0) is 0 Å². The summed E-state index contributed by atoms with van der Waals surface area (Å²) in [6.45, 7) is 2.32. The smallest absolute Gasteiger partial charge is 0.0991 e. The number of rotatable bonds is 10. The van der Waals surface area contributed by atoms with Gasteiger partial charge >= 0.3 is 0 Å². The Bertz CT molecular complexity index is 720. The van der Waals surface area contributed by atoms with Crippen molar-refractivity contribution in [1.82, 2.24) is 0 Å². The summed E-state index contributed by atoms with van der Waals surface area (Å²) in [7, 11) is 0. The SMILES string of the molecule is CCCCCCCC1CCC(CCC2CCC3CC(c4ccc(C#N)cc4)CCC3C2)CC1. The molecule has 0 aliphatic heterocycles. The Labute approximate surface area is 204 Å². The maximum absolute atomic E-state index is 9.06. The predicted octanol–water partition coefficient (Wildman–Crippen LogP) is 9.81. The summed E-state index contributed by atoms with van der Waals surface area (Å²) < 4.78 is 0. The third-order valence-corrected chi connectivity index (χ3v) is 9.90. The van der Waals surface area contributed by atoms with E-state index in [1.54, 1.807) is 0 Å². The van der Waals surface area contributed by atoms with Crippen molar-refractivity contribution in [2.45, 2.75) is 128 Å². The zero-order valence-electron chi connectivity index (χ0n) is 21.4. The minimum absolute atomic E-state index is 0.734. The molecule has 1 nitrogen and oxygen atoms in total. The molecule has 0 heterocycles. The van der Waals surface area contributed by atoms with E-state index in [9.17, 15) is 0 Å². The topological polar surface area (TPSA) is 23.8 Å². The second kappa shape index (κ2) is 13.0. The second-order valence-corrected chi connectivity index (χ2v) is 12.1. The van der Waals surface area contributed by atoms with Gasteiger partial charge in [-0.15, -0.1) is 0 Å². The first-order valence-electron chi connectivity index (χ1n) is 14.7. The van der Waals surface area contributed by atoms with E-state index >= 15 is 0 Å². The van der Waals surface area contributed by atoms with Crippen molar-refractivity contribution in [3.8, 4) is 6.07 Å². The first-order valence-corrected chi connectivity index (χ1v) is 14.7. The Morgan fingerprint density at radius 3 is 2.00 bits per heavy atom. The molecule has 3 aliphatic carbocycles. The Morgan fingerprint density at radius 1 is 0.667 bits per heavy atom. The minimum atomic E-state index is 0.734. The van der Waals surface area contributed by atoms with Crippen molar-refractivity contribution in [1.29, 1.82) is 5.26 Å². The van der Waals surface area contributed by atoms with Gasteiger partial charge in [0.2, 0.25) is 0 Å². The average molecular weight is 448 g/mol. The predicted molar refractivity (Wildman–Crippen MR) is 140 cm³/mol. The largest absolute Gasteiger partial charge is 0.192 e. The molecule has 0 amide bonds. The standard InChI is InChI=1S/C32H49N/c1-2-3-4-5-6-7-25-8-10-26(11-9-25)12-13-27-14-19-32-23-31(21-20-30(32)22-27)29-17-15-28(24-33)16-18-29/h15-18,25-27,30-32H,2-14,19-23H2,1H3. The lowest BCUT2D eigenvalue weighted by atomic mass is 9.63. The molecule has 1 heteroatoms. The summed E-state index contributed by atoms with van der Waals surface area (Å²) in [4.78, 5) is 0. The first-order chi connectivity index (χ1) is 16.2. The van der Waals surface area contributed by atoms with Crippen LogP contribution in [0.5, 0.6) is 0 Å². The zero-order chi connectivity index (χ0) is 22.9. The maximum atomic E-state index is 9.06. The molecule has 0 aromatic heterocycles. The summed E-state index contributed by atoms with van der Waals surface area (Å²) >= 11 is 0. The van der Waals surface area contributed by atoms with Crippen molar-refractivity contribution < 1.29 is 0 Å². The number of benzene rings is 1. The summed E-state index contributed by atoms with van der Waals surface area (Å²) in [6, 6.07) is 10.7. The number of hydrogen-bond donors (Lipinski definition) is 0. The fraction of sp³-hybridized carbons (Fsp3) is 0.781. The van der Waals surface area contributed by atoms with E-state index in [2.05, 4.69) is 25.1 Å². The Kier molecular flexibility index (Phi) is 9.76. The van der Waals surface area contributed by atoms with Gasteiger partial charge in [0.15, 0.2) is 0 Å². The molecule has 4 unspecified atom stereocenters. The number of unbranched alkanes of at least 4 members (excludes halogenated alkanes) is 4. The van der Waals surface area contributed by atoms with E-state index in [1.807, 2.05) is 12.1 Å². The van der Waals surface area contributed by atoms with Gasteiger partial charge in [0.25, 0.3) is 0 Å². The monoisotopic (exact) mass is 447 g/mol. The molecule has 0 spiro atoms. The van der Waals surface area contributed by atoms with Crippen molar-refractivity contribution >= 4 is 0 Å². The van der Waals surface area contributed by atoms with Crippen LogP contribution in [0.3, 0.4) is 0 Å². The van der Waals surface area contributed by atoms with E-state index in [-0.39, 0.29) is 0 Å². The van der Waals surface area contributed by atoms with Crippen LogP contribution in [0.4, 0.5) is 0 Å². The molecule has 4 rings (SSSR count). The van der Waals surface area contributed by atoms with Crippen LogP contribution in [-0.4, -0.2) is 0 Å². The molecule has 0 N–H and O–H groups in total. The highest BCUT2D eigenvalue weighted by Crippen LogP contribution is 2.49. The number of fused-ring (bicyclic) bond motifs is 1. The van der Waals surface area contributed by atoms with E-state index in [4.69, 9.17) is 5.26 Å². The van der Waals surface area contributed by atoms with E-state index in [1.165, 1.54) is 121 Å². The molecular formula is C32H49N. The van der Waals surface area contributed by atoms with Crippen molar-refractivity contribution in [3.05, 3.63) is 35.4 Å². The van der Waals surface area contributed by atoms with Gasteiger partial charge in [0.05, 0.1) is 11.6 Å². The summed E-state index contributed by atoms with van der Waals surface area (Å²) in [5.74, 6) is 5.83. The van der Waals surface area contributed by atoms with Gasteiger partial charge in [-0.05, 0) is 85.3 Å². The highest BCUT2D eigenvalue weighted by Gasteiger charge is 2.36. The third-order valence-electron chi connectivity index (χ3n) is 9.90. The molecule has 3 fully saturated rings. The van der Waals surface area contributed by atoms with Gasteiger partial charge in [-0.25, -0.2) is 0 Å². The Morgan fingerprint density at radius 2 is 1.27 bits per heavy atom. The van der Waals surface area contributed by atoms with Crippen LogP contribution in [0.15, 0.2) is 24.3 Å². The molecular weight excluding hydrogens is 398 g/mol. The van der Waals surface area contributed by atoms with Gasteiger partial charge in [-0.1, -0.05) is 103 Å². The molecule has 1 aromatic rings. The van der Waals surface area contributed by atoms with Crippen LogP contribution < -0.4 is 0 Å². The van der Waals surface area contributed by atoms with Gasteiger partial charge in [-0.3, -0.25) is 0 Å². The molecule has 182 valence electrons. The molecule has 3 aliphatic rings. The molecule has 0 saturated heterocycles. The van der Waals surface area contributed by atoms with Crippen LogP contribution in [0.2, 0.25) is 0 Å². The molecule has 4 atom stereocenters. The van der Waals surface area contributed by atoms with Crippen LogP contribution in [0, 0.1) is 40.9 Å². The van der Waals surface area contributed by atoms with E-state index in [0.717, 1.165) is 41.1 Å². The highest BCUT2D eigenvalue weighted by atomic mass is 14.4. The number of hydrogen-bond acceptors (Lipinski definition) is 1. The highest BCUT2D eigenvalue weighted by molar-refractivity contribution is 5.33. The summed E-state index contributed by atoms with van der Waals surface area (Å²) in [5, 5.41) is 9.06. The lowest BCUT2D eigenvalue weighted by Crippen LogP contribution is -2.30. The molecule has 33 heavy (non-hydrogen) atoms. The molecule has 3 saturated carbocycles. The first kappa shape index (κ1) is 24.8. The van der Waals surface area contributed by atoms with Gasteiger partial charge in [0, 0.05) is 0 Å². The van der Waals surface area contributed by atoms with Crippen molar-refractivity contribution in [2.24, 2.45) is 29.6 Å².